The second-order valence-electron chi connectivity index (χ2n) is 7.15. The molecular formula is C17H30N4O3. The van der Waals surface area contributed by atoms with Gasteiger partial charge in [0.25, 0.3) is 0 Å². The van der Waals surface area contributed by atoms with Crippen molar-refractivity contribution in [3.05, 3.63) is 0 Å². The molecule has 0 spiro atoms. The van der Waals surface area contributed by atoms with Gasteiger partial charge in [-0.25, -0.2) is 4.79 Å². The molecule has 0 aromatic rings. The van der Waals surface area contributed by atoms with Crippen LogP contribution in [0.4, 0.5) is 4.79 Å². The van der Waals surface area contributed by atoms with Crippen molar-refractivity contribution in [3.8, 4) is 0 Å². The van der Waals surface area contributed by atoms with Crippen molar-refractivity contribution in [1.82, 2.24) is 20.4 Å². The van der Waals surface area contributed by atoms with Crippen molar-refractivity contribution in [1.29, 1.82) is 0 Å². The topological polar surface area (TPSA) is 81.8 Å². The summed E-state index contributed by atoms with van der Waals surface area (Å²) >= 11 is 0. The minimum absolute atomic E-state index is 0.00266. The van der Waals surface area contributed by atoms with Gasteiger partial charge >= 0.3 is 6.03 Å². The number of nitrogens with zero attached hydrogens (tertiary/aromatic N) is 2. The molecule has 0 radical (unpaired) electrons. The van der Waals surface area contributed by atoms with Gasteiger partial charge in [-0.2, -0.15) is 0 Å². The van der Waals surface area contributed by atoms with Gasteiger partial charge in [0.05, 0.1) is 0 Å². The standard InChI is InChI=1S/C17H30N4O3/c1-12(2)18-17(24)21-10-6-15(7-11-21)19-16(23)14-4-8-20(9-5-14)13(3)22/h12,14-15H,4-11H2,1-3H3,(H,18,24)(H,19,23). The summed E-state index contributed by atoms with van der Waals surface area (Å²) in [6.45, 7) is 8.15. The van der Waals surface area contributed by atoms with E-state index in [0.29, 0.717) is 26.2 Å². The zero-order valence-electron chi connectivity index (χ0n) is 15.0. The van der Waals surface area contributed by atoms with Gasteiger partial charge in [0.1, 0.15) is 0 Å². The summed E-state index contributed by atoms with van der Waals surface area (Å²) in [7, 11) is 0. The summed E-state index contributed by atoms with van der Waals surface area (Å²) in [6.07, 6.45) is 3.06. The Kier molecular flexibility index (Phi) is 6.45. The lowest BCUT2D eigenvalue weighted by Crippen LogP contribution is -2.52. The highest BCUT2D eigenvalue weighted by molar-refractivity contribution is 5.80. The third-order valence-electron chi connectivity index (χ3n) is 4.85. The van der Waals surface area contributed by atoms with E-state index in [1.54, 1.807) is 11.8 Å². The first-order chi connectivity index (χ1) is 11.4. The highest BCUT2D eigenvalue weighted by atomic mass is 16.2. The molecule has 2 N–H and O–H groups in total. The summed E-state index contributed by atoms with van der Waals surface area (Å²) < 4.78 is 0. The average Bonchev–Trinajstić information content (AvgIpc) is 2.55. The largest absolute Gasteiger partial charge is 0.353 e. The minimum Gasteiger partial charge on any atom is -0.353 e. The van der Waals surface area contributed by atoms with Gasteiger partial charge < -0.3 is 20.4 Å². The summed E-state index contributed by atoms with van der Waals surface area (Å²) in [5.74, 6) is 0.187. The molecule has 2 saturated heterocycles. The molecule has 2 rings (SSSR count). The molecule has 2 fully saturated rings. The highest BCUT2D eigenvalue weighted by Gasteiger charge is 2.29. The lowest BCUT2D eigenvalue weighted by atomic mass is 9.94. The van der Waals surface area contributed by atoms with E-state index in [1.165, 1.54) is 0 Å². The Morgan fingerprint density at radius 3 is 1.96 bits per heavy atom. The number of likely N-dealkylation sites (tertiary alicyclic amines) is 2. The van der Waals surface area contributed by atoms with Gasteiger partial charge in [-0.1, -0.05) is 0 Å². The van der Waals surface area contributed by atoms with Crippen LogP contribution in [-0.2, 0) is 9.59 Å². The van der Waals surface area contributed by atoms with E-state index in [1.807, 2.05) is 18.7 Å². The number of rotatable bonds is 3. The number of hydrogen-bond donors (Lipinski definition) is 2. The highest BCUT2D eigenvalue weighted by Crippen LogP contribution is 2.19. The fraction of sp³-hybridized carbons (Fsp3) is 0.824. The molecule has 0 atom stereocenters. The van der Waals surface area contributed by atoms with Crippen LogP contribution < -0.4 is 10.6 Å². The van der Waals surface area contributed by atoms with Gasteiger partial charge in [0, 0.05) is 51.1 Å². The number of amides is 4. The zero-order chi connectivity index (χ0) is 17.7. The first-order valence-corrected chi connectivity index (χ1v) is 8.98. The summed E-state index contributed by atoms with van der Waals surface area (Å²) in [5, 5.41) is 6.03. The molecule has 24 heavy (non-hydrogen) atoms. The summed E-state index contributed by atoms with van der Waals surface area (Å²) in [4.78, 5) is 39.3. The number of hydrogen-bond acceptors (Lipinski definition) is 3. The van der Waals surface area contributed by atoms with E-state index >= 15 is 0 Å². The molecule has 2 aliphatic rings. The van der Waals surface area contributed by atoms with Crippen molar-refractivity contribution >= 4 is 17.8 Å². The Hall–Kier alpha value is -1.79. The van der Waals surface area contributed by atoms with Crippen LogP contribution in [0.1, 0.15) is 46.5 Å². The van der Waals surface area contributed by atoms with Gasteiger partial charge in [0.2, 0.25) is 11.8 Å². The van der Waals surface area contributed by atoms with E-state index in [4.69, 9.17) is 0 Å². The maximum Gasteiger partial charge on any atom is 0.317 e. The van der Waals surface area contributed by atoms with Crippen LogP contribution in [0, 0.1) is 5.92 Å². The van der Waals surface area contributed by atoms with E-state index < -0.39 is 0 Å². The predicted octanol–water partition coefficient (Wildman–Crippen LogP) is 0.944. The number of piperidine rings is 2. The number of nitrogens with one attached hydrogen (secondary N) is 2. The first-order valence-electron chi connectivity index (χ1n) is 8.98. The van der Waals surface area contributed by atoms with E-state index in [-0.39, 0.29) is 35.8 Å². The Morgan fingerprint density at radius 1 is 0.917 bits per heavy atom. The van der Waals surface area contributed by atoms with E-state index in [9.17, 15) is 14.4 Å². The Balaban J connectivity index is 1.71. The Morgan fingerprint density at radius 2 is 1.46 bits per heavy atom. The van der Waals surface area contributed by atoms with Crippen LogP contribution in [-0.4, -0.2) is 65.9 Å². The quantitative estimate of drug-likeness (QED) is 0.804. The van der Waals surface area contributed by atoms with Crippen molar-refractivity contribution in [2.24, 2.45) is 5.92 Å². The number of carbonyl (C=O) groups excluding carboxylic acids is 3. The Labute approximate surface area is 144 Å². The molecule has 0 saturated carbocycles. The molecule has 0 unspecified atom stereocenters. The molecule has 2 aliphatic heterocycles. The second kappa shape index (κ2) is 8.35. The smallest absolute Gasteiger partial charge is 0.317 e. The summed E-state index contributed by atoms with van der Waals surface area (Å²) in [5.41, 5.74) is 0. The maximum absolute atomic E-state index is 12.4. The predicted molar refractivity (Wildman–Crippen MR) is 91.4 cm³/mol. The fourth-order valence-corrected chi connectivity index (χ4v) is 3.34. The minimum atomic E-state index is -0.0219. The van der Waals surface area contributed by atoms with Gasteiger partial charge in [-0.3, -0.25) is 9.59 Å². The Bertz CT molecular complexity index is 464. The second-order valence-corrected chi connectivity index (χ2v) is 7.15. The molecular weight excluding hydrogens is 308 g/mol. The fourth-order valence-electron chi connectivity index (χ4n) is 3.34. The van der Waals surface area contributed by atoms with Crippen LogP contribution in [0.15, 0.2) is 0 Å². The first kappa shape index (κ1) is 18.5. The maximum atomic E-state index is 12.4. The monoisotopic (exact) mass is 338 g/mol. The molecule has 136 valence electrons. The molecule has 0 aliphatic carbocycles. The lowest BCUT2D eigenvalue weighted by Gasteiger charge is -2.35. The van der Waals surface area contributed by atoms with Crippen molar-refractivity contribution in [2.45, 2.75) is 58.5 Å². The van der Waals surface area contributed by atoms with Crippen LogP contribution in [0.25, 0.3) is 0 Å². The zero-order valence-corrected chi connectivity index (χ0v) is 15.0. The molecule has 0 bridgehead atoms. The van der Waals surface area contributed by atoms with Crippen molar-refractivity contribution in [3.63, 3.8) is 0 Å². The van der Waals surface area contributed by atoms with Crippen LogP contribution in [0.5, 0.6) is 0 Å². The molecule has 7 heteroatoms. The van der Waals surface area contributed by atoms with Gasteiger partial charge in [-0.05, 0) is 39.5 Å². The molecule has 0 aromatic heterocycles. The number of carbonyl (C=O) groups is 3. The van der Waals surface area contributed by atoms with Crippen molar-refractivity contribution in [2.75, 3.05) is 26.2 Å². The molecule has 2 heterocycles. The third kappa shape index (κ3) is 5.11. The normalized spacial score (nSPS) is 20.2. The van der Waals surface area contributed by atoms with Crippen LogP contribution >= 0.6 is 0 Å². The SMILES string of the molecule is CC(=O)N1CCC(C(=O)NC2CCN(C(=O)NC(C)C)CC2)CC1. The molecule has 0 aromatic carbocycles. The van der Waals surface area contributed by atoms with Gasteiger partial charge in [-0.15, -0.1) is 0 Å². The third-order valence-corrected chi connectivity index (χ3v) is 4.85. The average molecular weight is 338 g/mol. The summed E-state index contributed by atoms with van der Waals surface area (Å²) in [6, 6.07) is 0.258. The number of urea groups is 1. The van der Waals surface area contributed by atoms with Crippen LogP contribution in [0.2, 0.25) is 0 Å². The lowest BCUT2D eigenvalue weighted by molar-refractivity contribution is -0.134. The van der Waals surface area contributed by atoms with Crippen molar-refractivity contribution < 1.29 is 14.4 Å². The molecule has 7 nitrogen and oxygen atoms in total. The molecule has 4 amide bonds. The van der Waals surface area contributed by atoms with E-state index in [2.05, 4.69) is 10.6 Å². The van der Waals surface area contributed by atoms with Gasteiger partial charge in [0.15, 0.2) is 0 Å². The van der Waals surface area contributed by atoms with Crippen LogP contribution in [0.3, 0.4) is 0 Å². The van der Waals surface area contributed by atoms with E-state index in [0.717, 1.165) is 25.7 Å².